The van der Waals surface area contributed by atoms with Crippen LogP contribution in [0.15, 0.2) is 201 Å². The van der Waals surface area contributed by atoms with Gasteiger partial charge in [0.05, 0.1) is 82.0 Å². The number of esters is 2. The van der Waals surface area contributed by atoms with Crippen molar-refractivity contribution in [1.82, 2.24) is 100 Å². The number of nitrogens with zero attached hydrogens (tertiary/aromatic N) is 20. The topological polar surface area (TPSA) is 506 Å². The van der Waals surface area contributed by atoms with Crippen LogP contribution in [0.2, 0.25) is 0 Å². The summed E-state index contributed by atoms with van der Waals surface area (Å²) in [4.78, 5) is 139. The zero-order chi connectivity index (χ0) is 88.8. The minimum Gasteiger partial charge on any atom is -0.478 e. The average Bonchev–Trinajstić information content (AvgIpc) is 1.65. The Bertz CT molecular complexity index is 7200. The van der Waals surface area contributed by atoms with Gasteiger partial charge in [0.15, 0.2) is 34.9 Å². The van der Waals surface area contributed by atoms with Crippen LogP contribution >= 0.6 is 99.9 Å². The van der Waals surface area contributed by atoms with Crippen LogP contribution in [0.25, 0.3) is 130 Å². The van der Waals surface area contributed by atoms with Crippen LogP contribution in [-0.4, -0.2) is 171 Å². The maximum Gasteiger partial charge on any atom is 0.339 e. The van der Waals surface area contributed by atoms with Gasteiger partial charge in [-0.25, -0.2) is 74.2 Å². The van der Waals surface area contributed by atoms with E-state index in [2.05, 4.69) is 127 Å². The summed E-state index contributed by atoms with van der Waals surface area (Å²) in [6, 6.07) is 37.1. The fourth-order valence-corrected chi connectivity index (χ4v) is 19.6. The highest BCUT2D eigenvalue weighted by molar-refractivity contribution is 9.11. The molecule has 0 saturated carbocycles. The van der Waals surface area contributed by atoms with Gasteiger partial charge in [0, 0.05) is 109 Å². The number of amides is 1. The SMILES string of the molecule is COC(=O)c1c(C)sc2nc(-c3ccccn3)nc(N)c12.COC(=O)c1csc2nc(-c3ccccn3)nc(N)c12.Cc1sc2nc(-c3ccccn3)nc(N)c2c1Br.Nc1nc(-c2ccccn2)nc2scc(Br)c12.Nc1nc(-c2ccccn2)nc2scc(C(=O)O)c12.O=C(NCCc1cccnc1)c1csc2nc(-c3ccccn3)nc(N3CCOCC3)c12. The first-order valence-electron chi connectivity index (χ1n) is 38.0. The van der Waals surface area contributed by atoms with Crippen molar-refractivity contribution in [3.05, 3.63) is 239 Å². The molecule has 0 radical (unpaired) electrons. The molecule has 0 spiro atoms. The number of nitrogen functional groups attached to an aromatic ring is 5. The van der Waals surface area contributed by atoms with Crippen molar-refractivity contribution in [2.75, 3.05) is 80.6 Å². The number of carboxylic acid groups (broad SMARTS) is 1. The van der Waals surface area contributed by atoms with Gasteiger partial charge in [-0.1, -0.05) is 42.5 Å². The Kier molecular flexibility index (Phi) is 27.8. The molecule has 1 saturated heterocycles. The lowest BCUT2D eigenvalue weighted by Gasteiger charge is -2.28. The smallest absolute Gasteiger partial charge is 0.339 e. The molecule has 636 valence electrons. The van der Waals surface area contributed by atoms with Crippen molar-refractivity contribution in [3.8, 4) is 69.1 Å². The highest BCUT2D eigenvalue weighted by Crippen LogP contribution is 2.41. The summed E-state index contributed by atoms with van der Waals surface area (Å²) in [6.07, 6.45) is 14.4. The number of hydrogen-bond donors (Lipinski definition) is 7. The Morgan fingerprint density at radius 3 is 1.26 bits per heavy atom. The molecule has 1 aliphatic heterocycles. The van der Waals surface area contributed by atoms with Crippen LogP contribution < -0.4 is 38.9 Å². The third-order valence-corrected chi connectivity index (χ3v) is 26.2. The van der Waals surface area contributed by atoms with E-state index in [1.807, 2.05) is 134 Å². The number of rotatable bonds is 14. The first-order valence-corrected chi connectivity index (χ1v) is 44.7. The number of morpholine rings is 1. The number of aromatic nitrogens is 19. The Hall–Kier alpha value is -14.1. The van der Waals surface area contributed by atoms with Crippen LogP contribution in [0, 0.1) is 13.8 Å². The van der Waals surface area contributed by atoms with Gasteiger partial charge in [0.25, 0.3) is 5.91 Å². The van der Waals surface area contributed by atoms with E-state index in [-0.39, 0.29) is 28.9 Å². The summed E-state index contributed by atoms with van der Waals surface area (Å²) in [5.74, 6) is 3.30. The van der Waals surface area contributed by atoms with E-state index in [0.717, 1.165) is 78.5 Å². The first kappa shape index (κ1) is 87.8. The van der Waals surface area contributed by atoms with Gasteiger partial charge in [-0.05, 0) is 137 Å². The Labute approximate surface area is 761 Å². The molecule has 19 aromatic rings. The molecule has 0 atom stereocenters. The summed E-state index contributed by atoms with van der Waals surface area (Å²) in [6.45, 7) is 7.07. The van der Waals surface area contributed by atoms with Gasteiger partial charge >= 0.3 is 17.9 Å². The normalized spacial score (nSPS) is 11.6. The second kappa shape index (κ2) is 40.2. The number of pyridine rings is 7. The highest BCUT2D eigenvalue weighted by Gasteiger charge is 2.28. The maximum atomic E-state index is 13.1. The van der Waals surface area contributed by atoms with E-state index >= 15 is 0 Å². The fourth-order valence-electron chi connectivity index (χ4n) is 12.6. The Balaban J connectivity index is 0.000000119. The molecule has 1 fully saturated rings. The molecule has 42 heteroatoms. The molecule has 20 heterocycles. The summed E-state index contributed by atoms with van der Waals surface area (Å²) < 4.78 is 16.9. The quantitative estimate of drug-likeness (QED) is 0.0497. The molecular formula is C85H68Br2N26O8S6. The van der Waals surface area contributed by atoms with Crippen molar-refractivity contribution in [1.29, 1.82) is 0 Å². The largest absolute Gasteiger partial charge is 0.478 e. The van der Waals surface area contributed by atoms with Crippen LogP contribution in [-0.2, 0) is 20.6 Å². The number of anilines is 6. The lowest BCUT2D eigenvalue weighted by atomic mass is 10.1. The molecule has 12 N–H and O–H groups in total. The van der Waals surface area contributed by atoms with Crippen LogP contribution in [0.1, 0.15) is 56.7 Å². The number of carbonyl (C=O) groups excluding carboxylic acids is 3. The molecule has 0 aromatic carbocycles. The molecule has 1 amide bonds. The number of nitrogens with one attached hydrogen (secondary N) is 1. The Morgan fingerprint density at radius 2 is 0.819 bits per heavy atom. The third-order valence-electron chi connectivity index (χ3n) is 18.6. The van der Waals surface area contributed by atoms with E-state index in [4.69, 9.17) is 58.0 Å². The predicted octanol–water partition coefficient (Wildman–Crippen LogP) is 16.0. The summed E-state index contributed by atoms with van der Waals surface area (Å²) in [7, 11) is 2.66. The monoisotopic (exact) mass is 1930 g/mol. The fraction of sp³-hybridized carbons (Fsp3) is 0.118. The van der Waals surface area contributed by atoms with Gasteiger partial charge in [-0.3, -0.25) is 39.7 Å². The third kappa shape index (κ3) is 20.0. The van der Waals surface area contributed by atoms with E-state index in [0.29, 0.717) is 150 Å². The van der Waals surface area contributed by atoms with Crippen LogP contribution in [0.3, 0.4) is 0 Å². The molecular weight excluding hydrogens is 1870 g/mol. The van der Waals surface area contributed by atoms with Crippen molar-refractivity contribution in [3.63, 3.8) is 0 Å². The number of ether oxygens (including phenoxy) is 3. The van der Waals surface area contributed by atoms with Gasteiger partial charge < -0.3 is 58.2 Å². The summed E-state index contributed by atoms with van der Waals surface area (Å²) in [5, 5.41) is 23.1. The van der Waals surface area contributed by atoms with Gasteiger partial charge in [-0.15, -0.1) is 68.0 Å². The van der Waals surface area contributed by atoms with Crippen LogP contribution in [0.4, 0.5) is 34.9 Å². The molecule has 1 aliphatic rings. The molecule has 34 nitrogen and oxygen atoms in total. The van der Waals surface area contributed by atoms with Crippen molar-refractivity contribution >= 4 is 220 Å². The van der Waals surface area contributed by atoms with Crippen molar-refractivity contribution < 1.29 is 38.5 Å². The summed E-state index contributed by atoms with van der Waals surface area (Å²) in [5.41, 5.74) is 36.4. The predicted molar refractivity (Wildman–Crippen MR) is 504 cm³/mol. The second-order valence-corrected chi connectivity index (χ2v) is 34.2. The number of carbonyl (C=O) groups is 4. The summed E-state index contributed by atoms with van der Waals surface area (Å²) >= 11 is 15.5. The number of fused-ring (bicyclic) bond motifs is 6. The number of halogens is 2. The first-order chi connectivity index (χ1) is 61.7. The van der Waals surface area contributed by atoms with E-state index < -0.39 is 17.9 Å². The molecule has 0 unspecified atom stereocenters. The van der Waals surface area contributed by atoms with Crippen molar-refractivity contribution in [2.45, 2.75) is 20.3 Å². The molecule has 127 heavy (non-hydrogen) atoms. The zero-order valence-corrected chi connectivity index (χ0v) is 75.1. The van der Waals surface area contributed by atoms with Gasteiger partial charge in [0.2, 0.25) is 0 Å². The van der Waals surface area contributed by atoms with Crippen molar-refractivity contribution in [2.24, 2.45) is 0 Å². The number of aromatic carboxylic acids is 1. The number of thiophene rings is 6. The van der Waals surface area contributed by atoms with Crippen LogP contribution in [0.5, 0.6) is 0 Å². The lowest BCUT2D eigenvalue weighted by molar-refractivity contribution is 0.0594. The maximum absolute atomic E-state index is 13.1. The average molecular weight is 1930 g/mol. The van der Waals surface area contributed by atoms with E-state index in [1.165, 1.54) is 76.3 Å². The number of carboxylic acids is 1. The standard InChI is InChI=1S/C23H22N6O2S.C14H12N4O2S.C13H10N4O2S.C12H9BrN4S.C12H8N4O2S.C11H7BrN4S/c30-22(26-9-6-16-4-3-7-24-14-16)17-15-32-23-19(17)21(29-10-12-31-13-11-29)27-20(28-23)18-5-1-2-8-25-18;1-7-9(14(19)20-2)10-11(15)17-12(18-13(10)21-7)8-5-3-4-6-16-8;1-19-13(18)7-6-20-12-9(7)10(14)16-11(17-12)8-4-2-3-5-15-8;1-6-9(13)8-10(14)16-11(17-12(8)18-6)7-4-2-3-5-15-7;13-9-8-6(12(17)18)5-19-11(8)16-10(15-9)7-3-1-2-4-14-7;12-6-5-17-11-8(6)9(13)15-10(16-11)7-3-1-2-4-14-7/h1-5,7-8,14-15H,6,9-13H2,(H,26,30);3-6H,1-2H3,(H2,15,17,18);2-6H,1H3,(H2,14,16,17);2-5H,1H3,(H2,14,16,17);1-5H,(H,17,18)(H2,13,15,16);1-5H,(H2,13,15,16). The molecule has 20 rings (SSSR count). The van der Waals surface area contributed by atoms with E-state index in [9.17, 15) is 19.2 Å². The second-order valence-electron chi connectivity index (χ2n) is 26.7. The van der Waals surface area contributed by atoms with Gasteiger partial charge in [-0.2, -0.15) is 0 Å². The number of aryl methyl sites for hydroxylation is 2. The number of methoxy groups -OCH3 is 2. The minimum absolute atomic E-state index is 0.121. The zero-order valence-electron chi connectivity index (χ0n) is 67.1. The lowest BCUT2D eigenvalue weighted by Crippen LogP contribution is -2.37. The highest BCUT2D eigenvalue weighted by atomic mass is 79.9. The number of nitrogens with two attached hydrogens (primary N) is 5. The molecule has 0 bridgehead atoms. The minimum atomic E-state index is -1.04. The molecule has 19 aromatic heterocycles. The number of hydrogen-bond acceptors (Lipinski definition) is 38. The molecule has 0 aliphatic carbocycles. The van der Waals surface area contributed by atoms with Gasteiger partial charge in [0.1, 0.15) is 98.1 Å². The van der Waals surface area contributed by atoms with E-state index in [1.54, 1.807) is 78.3 Å². The Morgan fingerprint density at radius 1 is 0.433 bits per heavy atom.